The third kappa shape index (κ3) is 7.59. The van der Waals surface area contributed by atoms with Crippen LogP contribution in [-0.2, 0) is 22.6 Å². The smallest absolute Gasteiger partial charge is 0.261 e. The minimum absolute atomic E-state index is 0.132. The van der Waals surface area contributed by atoms with E-state index in [1.807, 2.05) is 79.7 Å². The van der Waals surface area contributed by atoms with Crippen molar-refractivity contribution in [3.8, 4) is 5.75 Å². The lowest BCUT2D eigenvalue weighted by atomic mass is 9.94. The van der Waals surface area contributed by atoms with Crippen molar-refractivity contribution in [1.82, 2.24) is 10.2 Å². The summed E-state index contributed by atoms with van der Waals surface area (Å²) in [6, 6.07) is 24.3. The molecule has 1 N–H and O–H groups in total. The summed E-state index contributed by atoms with van der Waals surface area (Å²) in [5.41, 5.74) is 2.73. The maximum Gasteiger partial charge on any atom is 0.261 e. The second-order valence-electron chi connectivity index (χ2n) is 9.72. The lowest BCUT2D eigenvalue weighted by molar-refractivity contribution is -0.143. The van der Waals surface area contributed by atoms with E-state index in [2.05, 4.69) is 5.32 Å². The number of nitrogens with one attached hydrogen (secondary N) is 1. The van der Waals surface area contributed by atoms with Gasteiger partial charge in [0.1, 0.15) is 11.8 Å². The summed E-state index contributed by atoms with van der Waals surface area (Å²) in [6.07, 6.45) is 5.77. The van der Waals surface area contributed by atoms with Crippen LogP contribution in [0.4, 0.5) is 0 Å². The number of para-hydroxylation sites is 1. The number of carbonyl (C=O) groups excluding carboxylic acids is 2. The Bertz CT molecular complexity index is 1180. The number of ether oxygens (including phenoxy) is 1. The summed E-state index contributed by atoms with van der Waals surface area (Å²) in [4.78, 5) is 29.2. The molecule has 1 aliphatic rings. The average molecular weight is 519 g/mol. The Morgan fingerprint density at radius 3 is 2.35 bits per heavy atom. The normalized spacial score (nSPS) is 14.5. The van der Waals surface area contributed by atoms with E-state index in [0.29, 0.717) is 17.2 Å². The lowest BCUT2D eigenvalue weighted by Crippen LogP contribution is -2.53. The van der Waals surface area contributed by atoms with Crippen molar-refractivity contribution in [3.63, 3.8) is 0 Å². The van der Waals surface area contributed by atoms with E-state index in [0.717, 1.165) is 42.4 Å². The second kappa shape index (κ2) is 13.3. The van der Waals surface area contributed by atoms with Gasteiger partial charge < -0.3 is 15.0 Å². The SMILES string of the molecule is Cc1ccccc1OCC(=O)N(Cc1ccccc1Cl)C(Cc1ccccc1)C(=O)NC1CCCCC1. The van der Waals surface area contributed by atoms with Gasteiger partial charge in [-0.3, -0.25) is 9.59 Å². The van der Waals surface area contributed by atoms with Crippen LogP contribution >= 0.6 is 11.6 Å². The number of carbonyl (C=O) groups is 2. The summed E-state index contributed by atoms with van der Waals surface area (Å²) in [6.45, 7) is 1.99. The molecule has 6 heteroatoms. The van der Waals surface area contributed by atoms with Crippen molar-refractivity contribution in [1.29, 1.82) is 0 Å². The van der Waals surface area contributed by atoms with Gasteiger partial charge >= 0.3 is 0 Å². The molecule has 0 aliphatic heterocycles. The molecule has 3 aromatic rings. The molecule has 37 heavy (non-hydrogen) atoms. The summed E-state index contributed by atoms with van der Waals surface area (Å²) in [5.74, 6) is 0.259. The van der Waals surface area contributed by atoms with Gasteiger partial charge in [-0.1, -0.05) is 97.6 Å². The van der Waals surface area contributed by atoms with Crippen molar-refractivity contribution >= 4 is 23.4 Å². The minimum Gasteiger partial charge on any atom is -0.484 e. The Labute approximate surface area is 224 Å². The van der Waals surface area contributed by atoms with Gasteiger partial charge in [-0.25, -0.2) is 0 Å². The Morgan fingerprint density at radius 2 is 1.62 bits per heavy atom. The van der Waals surface area contributed by atoms with Gasteiger partial charge in [-0.05, 0) is 48.6 Å². The van der Waals surface area contributed by atoms with Gasteiger partial charge in [-0.15, -0.1) is 0 Å². The minimum atomic E-state index is -0.700. The molecule has 1 saturated carbocycles. The van der Waals surface area contributed by atoms with Gasteiger partial charge in [-0.2, -0.15) is 0 Å². The lowest BCUT2D eigenvalue weighted by Gasteiger charge is -2.33. The van der Waals surface area contributed by atoms with Crippen molar-refractivity contribution < 1.29 is 14.3 Å². The number of benzene rings is 3. The highest BCUT2D eigenvalue weighted by atomic mass is 35.5. The van der Waals surface area contributed by atoms with Crippen molar-refractivity contribution in [2.45, 2.75) is 64.1 Å². The molecule has 1 fully saturated rings. The monoisotopic (exact) mass is 518 g/mol. The zero-order valence-corrected chi connectivity index (χ0v) is 22.1. The maximum absolute atomic E-state index is 13.8. The van der Waals surface area contributed by atoms with Gasteiger partial charge in [0.25, 0.3) is 5.91 Å². The van der Waals surface area contributed by atoms with Gasteiger partial charge in [0.15, 0.2) is 6.61 Å². The van der Waals surface area contributed by atoms with E-state index < -0.39 is 6.04 Å². The number of nitrogens with zero attached hydrogens (tertiary/aromatic N) is 1. The topological polar surface area (TPSA) is 58.6 Å². The molecule has 3 aromatic carbocycles. The summed E-state index contributed by atoms with van der Waals surface area (Å²) in [7, 11) is 0. The zero-order chi connectivity index (χ0) is 26.0. The Balaban J connectivity index is 1.62. The van der Waals surface area contributed by atoms with Crippen LogP contribution in [0.2, 0.25) is 5.02 Å². The van der Waals surface area contributed by atoms with Crippen molar-refractivity contribution in [2.75, 3.05) is 6.61 Å². The summed E-state index contributed by atoms with van der Waals surface area (Å²) < 4.78 is 5.92. The van der Waals surface area contributed by atoms with Crippen LogP contribution in [0.25, 0.3) is 0 Å². The van der Waals surface area contributed by atoms with E-state index >= 15 is 0 Å². The number of halogens is 1. The van der Waals surface area contributed by atoms with E-state index in [9.17, 15) is 9.59 Å². The van der Waals surface area contributed by atoms with Crippen LogP contribution in [0, 0.1) is 6.92 Å². The molecular weight excluding hydrogens is 484 g/mol. The van der Waals surface area contributed by atoms with Gasteiger partial charge in [0.2, 0.25) is 5.91 Å². The van der Waals surface area contributed by atoms with Crippen LogP contribution in [-0.4, -0.2) is 35.4 Å². The predicted octanol–water partition coefficient (Wildman–Crippen LogP) is 6.12. The fraction of sp³-hybridized carbons (Fsp3) is 0.355. The van der Waals surface area contributed by atoms with E-state index in [1.165, 1.54) is 6.42 Å². The molecule has 4 rings (SSSR count). The third-order valence-electron chi connectivity index (χ3n) is 6.97. The standard InChI is InChI=1S/C31H35ClN2O3/c1-23-12-8-11-19-29(23)37-22-30(35)34(21-25-15-9-10-18-27(25)32)28(20-24-13-4-2-5-14-24)31(36)33-26-16-6-3-7-17-26/h2,4-5,8-15,18-19,26,28H,3,6-7,16-17,20-22H2,1H3,(H,33,36). The quantitative estimate of drug-likeness (QED) is 0.352. The van der Waals surface area contributed by atoms with E-state index in [-0.39, 0.29) is 31.0 Å². The number of rotatable bonds is 10. The van der Waals surface area contributed by atoms with Gasteiger partial charge in [0.05, 0.1) is 0 Å². The largest absolute Gasteiger partial charge is 0.484 e. The number of aryl methyl sites for hydroxylation is 1. The summed E-state index contributed by atoms with van der Waals surface area (Å²) >= 11 is 6.50. The Morgan fingerprint density at radius 1 is 0.946 bits per heavy atom. The second-order valence-corrected chi connectivity index (χ2v) is 10.1. The van der Waals surface area contributed by atoms with Crippen LogP contribution < -0.4 is 10.1 Å². The molecule has 0 spiro atoms. The Hall–Kier alpha value is -3.31. The van der Waals surface area contributed by atoms with E-state index in [4.69, 9.17) is 16.3 Å². The zero-order valence-electron chi connectivity index (χ0n) is 21.4. The molecule has 1 atom stereocenters. The number of hydrogen-bond donors (Lipinski definition) is 1. The fourth-order valence-electron chi connectivity index (χ4n) is 4.85. The molecule has 194 valence electrons. The van der Waals surface area contributed by atoms with E-state index in [1.54, 1.807) is 11.0 Å². The highest BCUT2D eigenvalue weighted by Gasteiger charge is 2.32. The Kier molecular flexibility index (Phi) is 9.61. The molecule has 1 unspecified atom stereocenters. The van der Waals surface area contributed by atoms with Gasteiger partial charge in [0, 0.05) is 24.0 Å². The predicted molar refractivity (Wildman–Crippen MR) is 148 cm³/mol. The first-order chi connectivity index (χ1) is 18.0. The number of hydrogen-bond acceptors (Lipinski definition) is 3. The van der Waals surface area contributed by atoms with Crippen LogP contribution in [0.15, 0.2) is 78.9 Å². The first-order valence-corrected chi connectivity index (χ1v) is 13.4. The highest BCUT2D eigenvalue weighted by molar-refractivity contribution is 6.31. The number of amides is 2. The fourth-order valence-corrected chi connectivity index (χ4v) is 5.04. The van der Waals surface area contributed by atoms with Crippen molar-refractivity contribution in [2.24, 2.45) is 0 Å². The molecule has 0 heterocycles. The van der Waals surface area contributed by atoms with Crippen LogP contribution in [0.3, 0.4) is 0 Å². The molecular formula is C31H35ClN2O3. The highest BCUT2D eigenvalue weighted by Crippen LogP contribution is 2.23. The molecule has 0 radical (unpaired) electrons. The molecule has 5 nitrogen and oxygen atoms in total. The third-order valence-corrected chi connectivity index (χ3v) is 7.33. The molecule has 0 bridgehead atoms. The molecule has 1 aliphatic carbocycles. The average Bonchev–Trinajstić information content (AvgIpc) is 2.92. The first kappa shape index (κ1) is 26.7. The molecule has 0 saturated heterocycles. The maximum atomic E-state index is 13.8. The van der Waals surface area contributed by atoms with Crippen molar-refractivity contribution in [3.05, 3.63) is 101 Å². The van der Waals surface area contributed by atoms with Crippen LogP contribution in [0.1, 0.15) is 48.8 Å². The first-order valence-electron chi connectivity index (χ1n) is 13.1. The molecule has 2 amide bonds. The molecule has 0 aromatic heterocycles. The summed E-state index contributed by atoms with van der Waals surface area (Å²) in [5, 5.41) is 3.81. The van der Waals surface area contributed by atoms with Crippen LogP contribution in [0.5, 0.6) is 5.75 Å².